The van der Waals surface area contributed by atoms with Crippen molar-refractivity contribution in [1.29, 1.82) is 0 Å². The third kappa shape index (κ3) is 6.28. The summed E-state index contributed by atoms with van der Waals surface area (Å²) in [6, 6.07) is 0. The van der Waals surface area contributed by atoms with E-state index in [4.69, 9.17) is 0 Å². The Morgan fingerprint density at radius 2 is 1.12 bits per heavy atom. The molecule has 0 spiro atoms. The summed E-state index contributed by atoms with van der Waals surface area (Å²) in [5.41, 5.74) is 0. The molecule has 0 saturated heterocycles. The van der Waals surface area contributed by atoms with Gasteiger partial charge >= 0.3 is 0 Å². The molecule has 0 nitrogen and oxygen atoms in total. The maximum atomic E-state index is 2.52. The molecule has 0 heteroatoms. The van der Waals surface area contributed by atoms with Gasteiger partial charge in [0.2, 0.25) is 0 Å². The first-order chi connectivity index (χ1) is 12.1. The molecule has 146 valence electrons. The van der Waals surface area contributed by atoms with Crippen LogP contribution in [0, 0.1) is 41.4 Å². The zero-order valence-electron chi connectivity index (χ0n) is 17.6. The standard InChI is InChI=1S/C25H46/c1-19-7-4-5-9-22(12-11-21(3)15-19)17-23-13-14-25(18-23)24-10-6-8-20(2)16-24/h19-25H,4-18H2,1-3H3. The van der Waals surface area contributed by atoms with Crippen molar-refractivity contribution in [3.63, 3.8) is 0 Å². The summed E-state index contributed by atoms with van der Waals surface area (Å²) >= 11 is 0. The minimum atomic E-state index is 0.968. The third-order valence-corrected chi connectivity index (χ3v) is 8.32. The van der Waals surface area contributed by atoms with Crippen molar-refractivity contribution in [1.82, 2.24) is 0 Å². The molecule has 0 aromatic carbocycles. The molecular formula is C25H46. The molecule has 0 aromatic rings. The molecule has 3 rings (SSSR count). The van der Waals surface area contributed by atoms with E-state index in [1.807, 2.05) is 0 Å². The van der Waals surface area contributed by atoms with Gasteiger partial charge in [0.1, 0.15) is 0 Å². The Morgan fingerprint density at radius 3 is 1.96 bits per heavy atom. The quantitative estimate of drug-likeness (QED) is 0.482. The SMILES string of the molecule is CC1CCCCC(CC2CCC(C3CCCC(C)C3)C2)CCC(C)C1. The number of hydrogen-bond donors (Lipinski definition) is 0. The first-order valence-corrected chi connectivity index (χ1v) is 12.1. The van der Waals surface area contributed by atoms with Gasteiger partial charge in [-0.1, -0.05) is 85.0 Å². The van der Waals surface area contributed by atoms with Crippen LogP contribution in [-0.2, 0) is 0 Å². The maximum Gasteiger partial charge on any atom is -0.0383 e. The van der Waals surface area contributed by atoms with E-state index in [1.165, 1.54) is 51.4 Å². The van der Waals surface area contributed by atoms with Crippen LogP contribution >= 0.6 is 0 Å². The van der Waals surface area contributed by atoms with E-state index < -0.39 is 0 Å². The predicted molar refractivity (Wildman–Crippen MR) is 111 cm³/mol. The van der Waals surface area contributed by atoms with Crippen molar-refractivity contribution in [2.75, 3.05) is 0 Å². The summed E-state index contributed by atoms with van der Waals surface area (Å²) in [6.45, 7) is 7.51. The molecule has 0 N–H and O–H groups in total. The molecule has 3 aliphatic carbocycles. The van der Waals surface area contributed by atoms with Gasteiger partial charge in [-0.25, -0.2) is 0 Å². The van der Waals surface area contributed by atoms with Crippen LogP contribution in [0.2, 0.25) is 0 Å². The van der Waals surface area contributed by atoms with Crippen LogP contribution in [0.25, 0.3) is 0 Å². The average molecular weight is 347 g/mol. The Balaban J connectivity index is 1.44. The maximum absolute atomic E-state index is 2.52. The Bertz CT molecular complexity index is 372. The number of hydrogen-bond acceptors (Lipinski definition) is 0. The van der Waals surface area contributed by atoms with Gasteiger partial charge in [-0.3, -0.25) is 0 Å². The van der Waals surface area contributed by atoms with Crippen molar-refractivity contribution in [3.8, 4) is 0 Å². The van der Waals surface area contributed by atoms with Gasteiger partial charge in [-0.2, -0.15) is 0 Å². The molecule has 0 bridgehead atoms. The normalized spacial score (nSPS) is 44.5. The van der Waals surface area contributed by atoms with Crippen molar-refractivity contribution in [2.24, 2.45) is 41.4 Å². The van der Waals surface area contributed by atoms with E-state index >= 15 is 0 Å². The molecule has 0 aromatic heterocycles. The highest BCUT2D eigenvalue weighted by molar-refractivity contribution is 4.85. The largest absolute Gasteiger partial charge is 0.0625 e. The first-order valence-electron chi connectivity index (χ1n) is 12.1. The monoisotopic (exact) mass is 346 g/mol. The van der Waals surface area contributed by atoms with Crippen molar-refractivity contribution in [2.45, 2.75) is 117 Å². The molecule has 3 aliphatic rings. The van der Waals surface area contributed by atoms with E-state index in [0.717, 1.165) is 41.4 Å². The van der Waals surface area contributed by atoms with Crippen LogP contribution in [0.5, 0.6) is 0 Å². The molecule has 3 saturated carbocycles. The fourth-order valence-electron chi connectivity index (χ4n) is 6.89. The van der Waals surface area contributed by atoms with Crippen LogP contribution in [0.3, 0.4) is 0 Å². The second-order valence-electron chi connectivity index (χ2n) is 10.9. The van der Waals surface area contributed by atoms with E-state index in [9.17, 15) is 0 Å². The van der Waals surface area contributed by atoms with Gasteiger partial charge in [-0.05, 0) is 73.5 Å². The molecule has 0 amide bonds. The molecule has 0 aliphatic heterocycles. The summed E-state index contributed by atoms with van der Waals surface area (Å²) in [6.07, 6.45) is 23.0. The Kier molecular flexibility index (Phi) is 7.74. The van der Waals surface area contributed by atoms with Crippen molar-refractivity contribution in [3.05, 3.63) is 0 Å². The van der Waals surface area contributed by atoms with E-state index in [0.29, 0.717) is 0 Å². The predicted octanol–water partition coefficient (Wildman–Crippen LogP) is 8.25. The van der Waals surface area contributed by atoms with Gasteiger partial charge in [0.15, 0.2) is 0 Å². The Hall–Kier alpha value is 0. The van der Waals surface area contributed by atoms with E-state index in [2.05, 4.69) is 20.8 Å². The molecular weight excluding hydrogens is 300 g/mol. The third-order valence-electron chi connectivity index (χ3n) is 8.32. The zero-order chi connectivity index (χ0) is 17.6. The van der Waals surface area contributed by atoms with Crippen molar-refractivity contribution < 1.29 is 0 Å². The fourth-order valence-corrected chi connectivity index (χ4v) is 6.89. The van der Waals surface area contributed by atoms with Crippen LogP contribution in [0.1, 0.15) is 117 Å². The molecule has 0 radical (unpaired) electrons. The Morgan fingerprint density at radius 1 is 0.480 bits per heavy atom. The molecule has 25 heavy (non-hydrogen) atoms. The van der Waals surface area contributed by atoms with Crippen LogP contribution in [0.4, 0.5) is 0 Å². The van der Waals surface area contributed by atoms with Crippen LogP contribution < -0.4 is 0 Å². The molecule has 3 fully saturated rings. The first kappa shape index (κ1) is 19.8. The van der Waals surface area contributed by atoms with Gasteiger partial charge in [-0.15, -0.1) is 0 Å². The van der Waals surface area contributed by atoms with Gasteiger partial charge in [0.25, 0.3) is 0 Å². The van der Waals surface area contributed by atoms with E-state index in [-0.39, 0.29) is 0 Å². The summed E-state index contributed by atoms with van der Waals surface area (Å²) in [4.78, 5) is 0. The highest BCUT2D eigenvalue weighted by atomic mass is 14.4. The number of rotatable bonds is 3. The summed E-state index contributed by atoms with van der Waals surface area (Å²) in [7, 11) is 0. The topological polar surface area (TPSA) is 0 Å². The van der Waals surface area contributed by atoms with Gasteiger partial charge in [0, 0.05) is 0 Å². The van der Waals surface area contributed by atoms with Gasteiger partial charge < -0.3 is 0 Å². The fraction of sp³-hybridized carbons (Fsp3) is 1.00. The minimum absolute atomic E-state index is 0.968. The Labute approximate surface area is 158 Å². The van der Waals surface area contributed by atoms with Crippen molar-refractivity contribution >= 4 is 0 Å². The zero-order valence-corrected chi connectivity index (χ0v) is 17.6. The minimum Gasteiger partial charge on any atom is -0.0625 e. The van der Waals surface area contributed by atoms with Crippen LogP contribution in [-0.4, -0.2) is 0 Å². The van der Waals surface area contributed by atoms with Gasteiger partial charge in [0.05, 0.1) is 0 Å². The van der Waals surface area contributed by atoms with E-state index in [1.54, 1.807) is 44.9 Å². The molecule has 0 heterocycles. The second-order valence-corrected chi connectivity index (χ2v) is 10.9. The molecule has 7 atom stereocenters. The lowest BCUT2D eigenvalue weighted by Crippen LogP contribution is -2.20. The van der Waals surface area contributed by atoms with Crippen LogP contribution in [0.15, 0.2) is 0 Å². The summed E-state index contributed by atoms with van der Waals surface area (Å²) < 4.78 is 0. The highest BCUT2D eigenvalue weighted by Gasteiger charge is 2.33. The lowest BCUT2D eigenvalue weighted by atomic mass is 9.74. The smallest absolute Gasteiger partial charge is 0.0383 e. The lowest BCUT2D eigenvalue weighted by molar-refractivity contribution is 0.198. The highest BCUT2D eigenvalue weighted by Crippen LogP contribution is 2.45. The molecule has 7 unspecified atom stereocenters. The summed E-state index contributed by atoms with van der Waals surface area (Å²) in [5.74, 6) is 7.30. The average Bonchev–Trinajstić information content (AvgIpc) is 3.04. The second kappa shape index (κ2) is 9.80. The lowest BCUT2D eigenvalue weighted by Gasteiger charge is -2.31. The summed E-state index contributed by atoms with van der Waals surface area (Å²) in [5, 5.41) is 0.